The molecule has 2 aromatic rings. The quantitative estimate of drug-likeness (QED) is 0.814. The van der Waals surface area contributed by atoms with Crippen LogP contribution in [-0.2, 0) is 11.8 Å². The molecule has 0 aliphatic heterocycles. The van der Waals surface area contributed by atoms with E-state index in [2.05, 4.69) is 5.32 Å². The lowest BCUT2D eigenvalue weighted by molar-refractivity contribution is 0.0948. The van der Waals surface area contributed by atoms with E-state index in [4.69, 9.17) is 9.15 Å². The minimum absolute atomic E-state index is 0.190. The Balaban J connectivity index is 2.12. The molecule has 19 heavy (non-hydrogen) atoms. The smallest absolute Gasteiger partial charge is 0.408 e. The first-order valence-electron chi connectivity index (χ1n) is 6.00. The van der Waals surface area contributed by atoms with E-state index in [9.17, 15) is 9.59 Å². The lowest BCUT2D eigenvalue weighted by Crippen LogP contribution is -2.25. The number of carbonyl (C=O) groups excluding carboxylic acids is 1. The Kier molecular flexibility index (Phi) is 4.01. The Morgan fingerprint density at radius 3 is 3.00 bits per heavy atom. The predicted octanol–water partition coefficient (Wildman–Crippen LogP) is 0.898. The second kappa shape index (κ2) is 5.71. The molecular weight excluding hydrogens is 248 g/mol. The van der Waals surface area contributed by atoms with Gasteiger partial charge in [-0.3, -0.25) is 9.36 Å². The molecule has 1 heterocycles. The van der Waals surface area contributed by atoms with Crippen molar-refractivity contribution in [3.05, 3.63) is 34.3 Å². The Bertz CT molecular complexity index is 642. The summed E-state index contributed by atoms with van der Waals surface area (Å²) in [5.41, 5.74) is 1.55. The summed E-state index contributed by atoms with van der Waals surface area (Å²) >= 11 is 0. The van der Waals surface area contributed by atoms with Crippen molar-refractivity contribution >= 4 is 17.0 Å². The summed E-state index contributed by atoms with van der Waals surface area (Å²) in [7, 11) is 3.24. The molecule has 102 valence electrons. The molecule has 0 bridgehead atoms. The highest BCUT2D eigenvalue weighted by Gasteiger charge is 2.10. The van der Waals surface area contributed by atoms with Crippen molar-refractivity contribution in [3.8, 4) is 0 Å². The van der Waals surface area contributed by atoms with Gasteiger partial charge in [0.15, 0.2) is 5.58 Å². The van der Waals surface area contributed by atoms with Gasteiger partial charge in [-0.1, -0.05) is 0 Å². The molecule has 6 heteroatoms. The molecule has 0 atom stereocenters. The molecule has 2 rings (SSSR count). The first-order valence-corrected chi connectivity index (χ1v) is 6.00. The lowest BCUT2D eigenvalue weighted by atomic mass is 10.2. The number of amides is 1. The average molecular weight is 264 g/mol. The normalized spacial score (nSPS) is 10.8. The Hall–Kier alpha value is -2.08. The molecule has 0 aliphatic carbocycles. The number of nitrogens with one attached hydrogen (secondary N) is 1. The van der Waals surface area contributed by atoms with E-state index in [-0.39, 0.29) is 5.91 Å². The van der Waals surface area contributed by atoms with Crippen LogP contribution in [0.25, 0.3) is 11.1 Å². The minimum Gasteiger partial charge on any atom is -0.408 e. The standard InChI is InChI=1S/C13H16N2O4/c1-15-10-5-4-9(8-11(10)19-13(15)17)12(16)14-6-3-7-18-2/h4-5,8H,3,6-7H2,1-2H3,(H,14,16). The van der Waals surface area contributed by atoms with E-state index in [1.54, 1.807) is 32.4 Å². The number of hydrogen-bond donors (Lipinski definition) is 1. The number of nitrogens with zero attached hydrogens (tertiary/aromatic N) is 1. The van der Waals surface area contributed by atoms with Gasteiger partial charge in [0.25, 0.3) is 5.91 Å². The third-order valence-corrected chi connectivity index (χ3v) is 2.87. The Morgan fingerprint density at radius 2 is 2.26 bits per heavy atom. The second-order valence-electron chi connectivity index (χ2n) is 4.21. The van der Waals surface area contributed by atoms with E-state index in [1.165, 1.54) is 4.57 Å². The van der Waals surface area contributed by atoms with Gasteiger partial charge in [0.2, 0.25) is 0 Å². The van der Waals surface area contributed by atoms with Gasteiger partial charge in [0.1, 0.15) is 0 Å². The van der Waals surface area contributed by atoms with Gasteiger partial charge in [-0.05, 0) is 24.6 Å². The molecule has 1 aromatic carbocycles. The van der Waals surface area contributed by atoms with Crippen LogP contribution in [0, 0.1) is 0 Å². The van der Waals surface area contributed by atoms with E-state index in [1.807, 2.05) is 0 Å². The van der Waals surface area contributed by atoms with Gasteiger partial charge in [-0.2, -0.15) is 0 Å². The number of aromatic nitrogens is 1. The zero-order valence-corrected chi connectivity index (χ0v) is 10.9. The maximum absolute atomic E-state index is 11.9. The summed E-state index contributed by atoms with van der Waals surface area (Å²) in [6.07, 6.45) is 0.755. The summed E-state index contributed by atoms with van der Waals surface area (Å²) in [5.74, 6) is -0.628. The van der Waals surface area contributed by atoms with Crippen molar-refractivity contribution in [3.63, 3.8) is 0 Å². The molecular formula is C13H16N2O4. The zero-order chi connectivity index (χ0) is 13.8. The van der Waals surface area contributed by atoms with Crippen LogP contribution in [0.3, 0.4) is 0 Å². The fourth-order valence-electron chi connectivity index (χ4n) is 1.80. The fraction of sp³-hybridized carbons (Fsp3) is 0.385. The molecule has 0 fully saturated rings. The topological polar surface area (TPSA) is 73.5 Å². The van der Waals surface area contributed by atoms with Crippen LogP contribution in [0.15, 0.2) is 27.4 Å². The van der Waals surface area contributed by atoms with E-state index in [0.29, 0.717) is 29.8 Å². The zero-order valence-electron chi connectivity index (χ0n) is 10.9. The molecule has 0 saturated heterocycles. The van der Waals surface area contributed by atoms with Gasteiger partial charge in [0.05, 0.1) is 5.52 Å². The molecule has 1 aromatic heterocycles. The van der Waals surface area contributed by atoms with Crippen LogP contribution in [0.2, 0.25) is 0 Å². The fourth-order valence-corrected chi connectivity index (χ4v) is 1.80. The third kappa shape index (κ3) is 2.85. The second-order valence-corrected chi connectivity index (χ2v) is 4.21. The van der Waals surface area contributed by atoms with Crippen LogP contribution in [0.5, 0.6) is 0 Å². The highest BCUT2D eigenvalue weighted by Crippen LogP contribution is 2.14. The van der Waals surface area contributed by atoms with Crippen molar-refractivity contribution in [2.45, 2.75) is 6.42 Å². The SMILES string of the molecule is COCCCNC(=O)c1ccc2c(c1)oc(=O)n2C. The number of carbonyl (C=O) groups is 1. The largest absolute Gasteiger partial charge is 0.419 e. The number of ether oxygens (including phenoxy) is 1. The Morgan fingerprint density at radius 1 is 1.47 bits per heavy atom. The minimum atomic E-state index is -0.437. The van der Waals surface area contributed by atoms with Crippen molar-refractivity contribution < 1.29 is 13.9 Å². The molecule has 0 aliphatic rings. The van der Waals surface area contributed by atoms with E-state index >= 15 is 0 Å². The van der Waals surface area contributed by atoms with Crippen molar-refractivity contribution in [2.75, 3.05) is 20.3 Å². The molecule has 6 nitrogen and oxygen atoms in total. The number of aryl methyl sites for hydroxylation is 1. The molecule has 0 saturated carbocycles. The number of benzene rings is 1. The van der Waals surface area contributed by atoms with Crippen LogP contribution in [-0.4, -0.2) is 30.7 Å². The van der Waals surface area contributed by atoms with Gasteiger partial charge >= 0.3 is 5.76 Å². The van der Waals surface area contributed by atoms with Crippen LogP contribution in [0.1, 0.15) is 16.8 Å². The van der Waals surface area contributed by atoms with E-state index in [0.717, 1.165) is 6.42 Å². The number of rotatable bonds is 5. The Labute approximate surface area is 110 Å². The maximum Gasteiger partial charge on any atom is 0.419 e. The van der Waals surface area contributed by atoms with Gasteiger partial charge in [0, 0.05) is 32.9 Å². The maximum atomic E-state index is 11.9. The average Bonchev–Trinajstić information content (AvgIpc) is 2.69. The number of fused-ring (bicyclic) bond motifs is 1. The van der Waals surface area contributed by atoms with Crippen LogP contribution in [0.4, 0.5) is 0 Å². The molecule has 1 amide bonds. The molecule has 0 unspecified atom stereocenters. The van der Waals surface area contributed by atoms with Gasteiger partial charge in [-0.15, -0.1) is 0 Å². The number of methoxy groups -OCH3 is 1. The third-order valence-electron chi connectivity index (χ3n) is 2.87. The summed E-state index contributed by atoms with van der Waals surface area (Å²) in [6.45, 7) is 1.15. The summed E-state index contributed by atoms with van der Waals surface area (Å²) in [5, 5.41) is 2.77. The molecule has 1 N–H and O–H groups in total. The summed E-state index contributed by atoms with van der Waals surface area (Å²) in [6, 6.07) is 4.94. The number of oxazole rings is 1. The summed E-state index contributed by atoms with van der Waals surface area (Å²) < 4.78 is 11.3. The number of hydrogen-bond acceptors (Lipinski definition) is 4. The monoisotopic (exact) mass is 264 g/mol. The lowest BCUT2D eigenvalue weighted by Gasteiger charge is -2.04. The predicted molar refractivity (Wildman–Crippen MR) is 70.3 cm³/mol. The van der Waals surface area contributed by atoms with Crippen LogP contribution >= 0.6 is 0 Å². The van der Waals surface area contributed by atoms with Crippen molar-refractivity contribution in [1.82, 2.24) is 9.88 Å². The highest BCUT2D eigenvalue weighted by molar-refractivity contribution is 5.97. The van der Waals surface area contributed by atoms with Gasteiger partial charge in [-0.25, -0.2) is 4.79 Å². The van der Waals surface area contributed by atoms with E-state index < -0.39 is 5.76 Å². The van der Waals surface area contributed by atoms with Crippen LogP contribution < -0.4 is 11.1 Å². The highest BCUT2D eigenvalue weighted by atomic mass is 16.5. The molecule has 0 radical (unpaired) electrons. The van der Waals surface area contributed by atoms with Crippen molar-refractivity contribution in [2.24, 2.45) is 7.05 Å². The first kappa shape index (κ1) is 13.4. The summed E-state index contributed by atoms with van der Waals surface area (Å²) in [4.78, 5) is 23.2. The first-order chi connectivity index (χ1) is 9.13. The van der Waals surface area contributed by atoms with Crippen molar-refractivity contribution in [1.29, 1.82) is 0 Å². The van der Waals surface area contributed by atoms with Gasteiger partial charge < -0.3 is 14.5 Å². The molecule has 0 spiro atoms.